The summed E-state index contributed by atoms with van der Waals surface area (Å²) in [6.45, 7) is 11.5. The maximum atomic E-state index is 5.25. The first-order valence-corrected chi connectivity index (χ1v) is 7.61. The molecular formula is C15H34N2O2. The van der Waals surface area contributed by atoms with Crippen LogP contribution in [0.4, 0.5) is 0 Å². The van der Waals surface area contributed by atoms with Crippen LogP contribution in [0.2, 0.25) is 0 Å². The van der Waals surface area contributed by atoms with Crippen molar-refractivity contribution in [1.29, 1.82) is 0 Å². The van der Waals surface area contributed by atoms with Gasteiger partial charge in [-0.25, -0.2) is 0 Å². The van der Waals surface area contributed by atoms with Gasteiger partial charge in [0.2, 0.25) is 0 Å². The van der Waals surface area contributed by atoms with Crippen molar-refractivity contribution < 1.29 is 9.47 Å². The van der Waals surface area contributed by atoms with Gasteiger partial charge in [-0.05, 0) is 46.2 Å². The van der Waals surface area contributed by atoms with E-state index in [1.807, 2.05) is 0 Å². The average molecular weight is 274 g/mol. The van der Waals surface area contributed by atoms with Crippen molar-refractivity contribution in [3.63, 3.8) is 0 Å². The summed E-state index contributed by atoms with van der Waals surface area (Å²) in [5.74, 6) is 0. The van der Waals surface area contributed by atoms with Crippen LogP contribution in [0.15, 0.2) is 0 Å². The predicted octanol–water partition coefficient (Wildman–Crippen LogP) is 2.14. The quantitative estimate of drug-likeness (QED) is 0.558. The Balaban J connectivity index is 3.90. The van der Waals surface area contributed by atoms with Crippen LogP contribution in [0.5, 0.6) is 0 Å². The fourth-order valence-electron chi connectivity index (χ4n) is 2.20. The highest BCUT2D eigenvalue weighted by molar-refractivity contribution is 4.69. The van der Waals surface area contributed by atoms with Gasteiger partial charge in [-0.1, -0.05) is 6.92 Å². The molecule has 2 unspecified atom stereocenters. The molecule has 0 bridgehead atoms. The highest BCUT2D eigenvalue weighted by atomic mass is 16.5. The molecule has 116 valence electrons. The van der Waals surface area contributed by atoms with Crippen molar-refractivity contribution in [3.05, 3.63) is 0 Å². The number of hydrogen-bond donors (Lipinski definition) is 1. The molecule has 0 rings (SSSR count). The molecule has 0 aliphatic carbocycles. The zero-order valence-electron chi connectivity index (χ0n) is 13.6. The topological polar surface area (TPSA) is 33.7 Å². The van der Waals surface area contributed by atoms with Crippen molar-refractivity contribution >= 4 is 0 Å². The second-order valence-corrected chi connectivity index (χ2v) is 5.33. The highest BCUT2D eigenvalue weighted by Gasteiger charge is 2.13. The van der Waals surface area contributed by atoms with Crippen LogP contribution < -0.4 is 5.32 Å². The van der Waals surface area contributed by atoms with Gasteiger partial charge in [0.05, 0.1) is 13.2 Å². The average Bonchev–Trinajstić information content (AvgIpc) is 2.40. The van der Waals surface area contributed by atoms with E-state index in [9.17, 15) is 0 Å². The molecule has 0 aliphatic rings. The molecule has 0 fully saturated rings. The van der Waals surface area contributed by atoms with Gasteiger partial charge in [-0.2, -0.15) is 0 Å². The van der Waals surface area contributed by atoms with E-state index in [1.54, 1.807) is 14.2 Å². The van der Waals surface area contributed by atoms with E-state index in [1.165, 1.54) is 19.3 Å². The molecule has 1 N–H and O–H groups in total. The molecule has 4 nitrogen and oxygen atoms in total. The lowest BCUT2D eigenvalue weighted by Gasteiger charge is -2.28. The standard InChI is InChI=1S/C15H34N2O2/c1-6-9-16-14(2)8-7-10-17(11-12-18-4)15(3)13-19-5/h14-16H,6-13H2,1-5H3. The van der Waals surface area contributed by atoms with Crippen LogP contribution in [0.3, 0.4) is 0 Å². The third kappa shape index (κ3) is 10.3. The maximum absolute atomic E-state index is 5.25. The largest absolute Gasteiger partial charge is 0.383 e. The minimum absolute atomic E-state index is 0.457. The summed E-state index contributed by atoms with van der Waals surface area (Å²) < 4.78 is 10.4. The Kier molecular flexibility index (Phi) is 12.7. The minimum Gasteiger partial charge on any atom is -0.383 e. The second-order valence-electron chi connectivity index (χ2n) is 5.33. The Morgan fingerprint density at radius 1 is 1.11 bits per heavy atom. The van der Waals surface area contributed by atoms with Gasteiger partial charge < -0.3 is 14.8 Å². The van der Waals surface area contributed by atoms with E-state index in [2.05, 4.69) is 31.0 Å². The molecule has 0 aromatic rings. The number of nitrogens with zero attached hydrogens (tertiary/aromatic N) is 1. The summed E-state index contributed by atoms with van der Waals surface area (Å²) in [6, 6.07) is 1.07. The molecule has 0 radical (unpaired) electrons. The molecule has 2 atom stereocenters. The van der Waals surface area contributed by atoms with Gasteiger partial charge in [-0.15, -0.1) is 0 Å². The van der Waals surface area contributed by atoms with Crippen LogP contribution in [-0.4, -0.2) is 64.1 Å². The van der Waals surface area contributed by atoms with Crippen molar-refractivity contribution in [2.45, 2.75) is 52.1 Å². The fraction of sp³-hybridized carbons (Fsp3) is 1.00. The Bertz CT molecular complexity index is 191. The Labute approximate surface area is 119 Å². The van der Waals surface area contributed by atoms with Crippen molar-refractivity contribution in [2.75, 3.05) is 47.1 Å². The number of hydrogen-bond acceptors (Lipinski definition) is 4. The van der Waals surface area contributed by atoms with Crippen LogP contribution in [0.25, 0.3) is 0 Å². The van der Waals surface area contributed by atoms with E-state index in [0.717, 1.165) is 32.8 Å². The molecule has 0 amide bonds. The summed E-state index contributed by atoms with van der Waals surface area (Å²) in [5.41, 5.74) is 0. The monoisotopic (exact) mass is 274 g/mol. The molecule has 0 aromatic carbocycles. The Morgan fingerprint density at radius 2 is 1.84 bits per heavy atom. The van der Waals surface area contributed by atoms with Crippen molar-refractivity contribution in [3.8, 4) is 0 Å². The van der Waals surface area contributed by atoms with E-state index < -0.39 is 0 Å². The normalized spacial score (nSPS) is 14.8. The summed E-state index contributed by atoms with van der Waals surface area (Å²) in [4.78, 5) is 2.46. The van der Waals surface area contributed by atoms with E-state index in [4.69, 9.17) is 9.47 Å². The second kappa shape index (κ2) is 12.9. The van der Waals surface area contributed by atoms with E-state index in [-0.39, 0.29) is 0 Å². The molecule has 4 heteroatoms. The Morgan fingerprint density at radius 3 is 2.42 bits per heavy atom. The molecule has 0 spiro atoms. The van der Waals surface area contributed by atoms with E-state index >= 15 is 0 Å². The van der Waals surface area contributed by atoms with Crippen molar-refractivity contribution in [2.24, 2.45) is 0 Å². The third-order valence-electron chi connectivity index (χ3n) is 3.44. The molecule has 0 saturated heterocycles. The van der Waals surface area contributed by atoms with Crippen LogP contribution in [0, 0.1) is 0 Å². The maximum Gasteiger partial charge on any atom is 0.0615 e. The number of rotatable bonds is 13. The Hall–Kier alpha value is -0.160. The van der Waals surface area contributed by atoms with Crippen molar-refractivity contribution in [1.82, 2.24) is 10.2 Å². The minimum atomic E-state index is 0.457. The van der Waals surface area contributed by atoms with Gasteiger partial charge in [-0.3, -0.25) is 4.90 Å². The molecule has 0 heterocycles. The SMILES string of the molecule is CCCNC(C)CCCN(CCOC)C(C)COC. The molecular weight excluding hydrogens is 240 g/mol. The number of nitrogens with one attached hydrogen (secondary N) is 1. The summed E-state index contributed by atoms with van der Waals surface area (Å²) in [7, 11) is 3.53. The summed E-state index contributed by atoms with van der Waals surface area (Å²) in [6.07, 6.45) is 3.65. The highest BCUT2D eigenvalue weighted by Crippen LogP contribution is 2.05. The van der Waals surface area contributed by atoms with Gasteiger partial charge in [0.15, 0.2) is 0 Å². The lowest BCUT2D eigenvalue weighted by atomic mass is 10.1. The lowest BCUT2D eigenvalue weighted by molar-refractivity contribution is 0.0736. The smallest absolute Gasteiger partial charge is 0.0615 e. The third-order valence-corrected chi connectivity index (χ3v) is 3.44. The van der Waals surface area contributed by atoms with Gasteiger partial charge in [0.25, 0.3) is 0 Å². The molecule has 0 saturated carbocycles. The van der Waals surface area contributed by atoms with E-state index in [0.29, 0.717) is 12.1 Å². The van der Waals surface area contributed by atoms with Crippen LogP contribution >= 0.6 is 0 Å². The first-order chi connectivity index (χ1) is 9.15. The predicted molar refractivity (Wildman–Crippen MR) is 81.8 cm³/mol. The molecule has 0 aliphatic heterocycles. The van der Waals surface area contributed by atoms with Gasteiger partial charge in [0, 0.05) is 32.8 Å². The number of methoxy groups -OCH3 is 2. The molecule has 0 aromatic heterocycles. The fourth-order valence-corrected chi connectivity index (χ4v) is 2.20. The first-order valence-electron chi connectivity index (χ1n) is 7.61. The van der Waals surface area contributed by atoms with Gasteiger partial charge >= 0.3 is 0 Å². The lowest BCUT2D eigenvalue weighted by Crippen LogP contribution is -2.39. The molecule has 19 heavy (non-hydrogen) atoms. The first kappa shape index (κ1) is 18.8. The van der Waals surface area contributed by atoms with Crippen LogP contribution in [-0.2, 0) is 9.47 Å². The van der Waals surface area contributed by atoms with Gasteiger partial charge in [0.1, 0.15) is 0 Å². The number of ether oxygens (including phenoxy) is 2. The van der Waals surface area contributed by atoms with Crippen LogP contribution in [0.1, 0.15) is 40.0 Å². The zero-order valence-corrected chi connectivity index (χ0v) is 13.6. The zero-order chi connectivity index (χ0) is 14.5. The summed E-state index contributed by atoms with van der Waals surface area (Å²) >= 11 is 0. The summed E-state index contributed by atoms with van der Waals surface area (Å²) in [5, 5.41) is 3.54.